The Labute approximate surface area is 113 Å². The Morgan fingerprint density at radius 1 is 1.29 bits per heavy atom. The van der Waals surface area contributed by atoms with Crippen molar-refractivity contribution >= 4 is 23.2 Å². The predicted octanol–water partition coefficient (Wildman–Crippen LogP) is 3.72. The second-order valence-corrected chi connectivity index (χ2v) is 5.03. The summed E-state index contributed by atoms with van der Waals surface area (Å²) in [5, 5.41) is 4.89. The van der Waals surface area contributed by atoms with Gasteiger partial charge in [-0.05, 0) is 36.6 Å². The highest BCUT2D eigenvalue weighted by molar-refractivity contribution is 6.33. The summed E-state index contributed by atoms with van der Waals surface area (Å²) in [6, 6.07) is 5.91. The molecule has 2 unspecified atom stereocenters. The smallest absolute Gasteiger partial charge is 0.0587 e. The molecule has 2 atom stereocenters. The fraction of sp³-hybridized carbons (Fsp3) is 0.538. The lowest BCUT2D eigenvalue weighted by atomic mass is 9.94. The van der Waals surface area contributed by atoms with E-state index in [2.05, 4.69) is 19.2 Å². The molecule has 1 N–H and O–H groups in total. The van der Waals surface area contributed by atoms with E-state index in [1.165, 1.54) is 0 Å². The zero-order valence-electron chi connectivity index (χ0n) is 10.5. The molecular formula is C13H19Cl2NO. The van der Waals surface area contributed by atoms with Gasteiger partial charge in [-0.15, -0.1) is 0 Å². The fourth-order valence-corrected chi connectivity index (χ4v) is 2.17. The maximum atomic E-state index is 6.19. The Kier molecular flexibility index (Phi) is 6.28. The van der Waals surface area contributed by atoms with E-state index >= 15 is 0 Å². The molecule has 96 valence electrons. The predicted molar refractivity (Wildman–Crippen MR) is 74.2 cm³/mol. The van der Waals surface area contributed by atoms with E-state index < -0.39 is 0 Å². The normalized spacial score (nSPS) is 14.6. The summed E-state index contributed by atoms with van der Waals surface area (Å²) >= 11 is 12.2. The Hall–Kier alpha value is -0.280. The summed E-state index contributed by atoms with van der Waals surface area (Å²) in [6.45, 7) is 5.82. The molecule has 0 aliphatic heterocycles. The van der Waals surface area contributed by atoms with E-state index in [1.54, 1.807) is 7.11 Å². The lowest BCUT2D eigenvalue weighted by Crippen LogP contribution is -2.33. The summed E-state index contributed by atoms with van der Waals surface area (Å²) in [7, 11) is 1.70. The third kappa shape index (κ3) is 4.47. The highest BCUT2D eigenvalue weighted by Gasteiger charge is 2.16. The van der Waals surface area contributed by atoms with Crippen LogP contribution in [0.2, 0.25) is 10.0 Å². The summed E-state index contributed by atoms with van der Waals surface area (Å²) in [5.74, 6) is 0.304. The van der Waals surface area contributed by atoms with Gasteiger partial charge in [-0.2, -0.15) is 0 Å². The molecule has 0 saturated carbocycles. The first kappa shape index (κ1) is 14.8. The van der Waals surface area contributed by atoms with Crippen molar-refractivity contribution in [1.29, 1.82) is 0 Å². The van der Waals surface area contributed by atoms with Gasteiger partial charge in [0.15, 0.2) is 0 Å². The standard InChI is InChI=1S/C13H19Cl2NO/c1-9(10(2)16-6-7-17-3)12-8-11(14)4-5-13(12)15/h4-5,8-10,16H,6-7H2,1-3H3. The van der Waals surface area contributed by atoms with Crippen LogP contribution in [0.1, 0.15) is 25.3 Å². The maximum Gasteiger partial charge on any atom is 0.0587 e. The molecule has 0 fully saturated rings. The van der Waals surface area contributed by atoms with Crippen molar-refractivity contribution in [2.75, 3.05) is 20.3 Å². The zero-order chi connectivity index (χ0) is 12.8. The molecule has 17 heavy (non-hydrogen) atoms. The van der Waals surface area contributed by atoms with Gasteiger partial charge >= 0.3 is 0 Å². The number of benzene rings is 1. The number of rotatable bonds is 6. The van der Waals surface area contributed by atoms with Gasteiger partial charge in [0.25, 0.3) is 0 Å². The molecular weight excluding hydrogens is 257 g/mol. The monoisotopic (exact) mass is 275 g/mol. The van der Waals surface area contributed by atoms with Gasteiger partial charge in [-0.3, -0.25) is 0 Å². The second-order valence-electron chi connectivity index (χ2n) is 4.19. The Morgan fingerprint density at radius 3 is 2.65 bits per heavy atom. The van der Waals surface area contributed by atoms with Gasteiger partial charge in [0.1, 0.15) is 0 Å². The van der Waals surface area contributed by atoms with Gasteiger partial charge in [0.2, 0.25) is 0 Å². The number of methoxy groups -OCH3 is 1. The molecule has 0 amide bonds. The van der Waals surface area contributed by atoms with Crippen LogP contribution in [-0.4, -0.2) is 26.3 Å². The molecule has 0 aromatic heterocycles. The van der Waals surface area contributed by atoms with Crippen molar-refractivity contribution in [3.05, 3.63) is 33.8 Å². The zero-order valence-corrected chi connectivity index (χ0v) is 12.0. The van der Waals surface area contributed by atoms with E-state index in [0.29, 0.717) is 18.6 Å². The van der Waals surface area contributed by atoms with E-state index in [4.69, 9.17) is 27.9 Å². The van der Waals surface area contributed by atoms with Crippen molar-refractivity contribution in [3.8, 4) is 0 Å². The van der Waals surface area contributed by atoms with Crippen LogP contribution >= 0.6 is 23.2 Å². The number of hydrogen-bond donors (Lipinski definition) is 1. The fourth-order valence-electron chi connectivity index (χ4n) is 1.70. The first-order chi connectivity index (χ1) is 8.06. The van der Waals surface area contributed by atoms with E-state index in [1.807, 2.05) is 18.2 Å². The number of hydrogen-bond acceptors (Lipinski definition) is 2. The molecule has 1 aromatic rings. The van der Waals surface area contributed by atoms with Crippen LogP contribution in [0.25, 0.3) is 0 Å². The van der Waals surface area contributed by atoms with Crippen LogP contribution in [0.15, 0.2) is 18.2 Å². The summed E-state index contributed by atoms with van der Waals surface area (Å²) < 4.78 is 5.01. The van der Waals surface area contributed by atoms with Crippen LogP contribution in [0.3, 0.4) is 0 Å². The quantitative estimate of drug-likeness (QED) is 0.799. The van der Waals surface area contributed by atoms with Crippen LogP contribution in [0.4, 0.5) is 0 Å². The maximum absolute atomic E-state index is 6.19. The second kappa shape index (κ2) is 7.22. The molecule has 0 radical (unpaired) electrons. The highest BCUT2D eigenvalue weighted by atomic mass is 35.5. The average molecular weight is 276 g/mol. The minimum atomic E-state index is 0.304. The van der Waals surface area contributed by atoms with Gasteiger partial charge in [-0.1, -0.05) is 30.1 Å². The van der Waals surface area contributed by atoms with E-state index in [0.717, 1.165) is 22.2 Å². The molecule has 0 heterocycles. The van der Waals surface area contributed by atoms with Crippen molar-refractivity contribution in [2.45, 2.75) is 25.8 Å². The molecule has 2 nitrogen and oxygen atoms in total. The number of halogens is 2. The van der Waals surface area contributed by atoms with Gasteiger partial charge < -0.3 is 10.1 Å². The summed E-state index contributed by atoms with van der Waals surface area (Å²) in [5.41, 5.74) is 1.08. The van der Waals surface area contributed by atoms with Crippen LogP contribution in [0.5, 0.6) is 0 Å². The van der Waals surface area contributed by atoms with Crippen molar-refractivity contribution in [3.63, 3.8) is 0 Å². The van der Waals surface area contributed by atoms with Crippen LogP contribution < -0.4 is 5.32 Å². The summed E-state index contributed by atoms with van der Waals surface area (Å²) in [6.07, 6.45) is 0. The van der Waals surface area contributed by atoms with E-state index in [-0.39, 0.29) is 0 Å². The van der Waals surface area contributed by atoms with Gasteiger partial charge in [0, 0.05) is 29.7 Å². The Bertz CT molecular complexity index is 357. The third-order valence-corrected chi connectivity index (χ3v) is 3.55. The number of nitrogens with one attached hydrogen (secondary N) is 1. The van der Waals surface area contributed by atoms with Crippen molar-refractivity contribution < 1.29 is 4.74 Å². The van der Waals surface area contributed by atoms with Gasteiger partial charge in [-0.25, -0.2) is 0 Å². The molecule has 1 rings (SSSR count). The molecule has 0 spiro atoms. The number of ether oxygens (including phenoxy) is 1. The first-order valence-electron chi connectivity index (χ1n) is 5.73. The van der Waals surface area contributed by atoms with Crippen molar-refractivity contribution in [1.82, 2.24) is 5.32 Å². The third-order valence-electron chi connectivity index (χ3n) is 2.97. The highest BCUT2D eigenvalue weighted by Crippen LogP contribution is 2.29. The molecule has 0 aliphatic carbocycles. The molecule has 0 saturated heterocycles. The SMILES string of the molecule is COCCNC(C)C(C)c1cc(Cl)ccc1Cl. The average Bonchev–Trinajstić information content (AvgIpc) is 2.31. The van der Waals surface area contributed by atoms with E-state index in [9.17, 15) is 0 Å². The Balaban J connectivity index is 2.67. The van der Waals surface area contributed by atoms with Crippen molar-refractivity contribution in [2.24, 2.45) is 0 Å². The lowest BCUT2D eigenvalue weighted by molar-refractivity contribution is 0.195. The molecule has 0 bridgehead atoms. The minimum Gasteiger partial charge on any atom is -0.383 e. The largest absolute Gasteiger partial charge is 0.383 e. The molecule has 0 aliphatic rings. The van der Waals surface area contributed by atoms with Crippen LogP contribution in [-0.2, 0) is 4.74 Å². The minimum absolute atomic E-state index is 0.304. The first-order valence-corrected chi connectivity index (χ1v) is 6.49. The summed E-state index contributed by atoms with van der Waals surface area (Å²) in [4.78, 5) is 0. The topological polar surface area (TPSA) is 21.3 Å². The molecule has 4 heteroatoms. The Morgan fingerprint density at radius 2 is 2.00 bits per heavy atom. The van der Waals surface area contributed by atoms with Gasteiger partial charge in [0.05, 0.1) is 6.61 Å². The lowest BCUT2D eigenvalue weighted by Gasteiger charge is -2.22. The molecule has 1 aromatic carbocycles. The van der Waals surface area contributed by atoms with Crippen LogP contribution in [0, 0.1) is 0 Å².